The molecule has 4 N–H and O–H groups in total. The van der Waals surface area contributed by atoms with E-state index >= 15 is 0 Å². The van der Waals surface area contributed by atoms with Crippen LogP contribution in [0.5, 0.6) is 0 Å². The molecule has 0 radical (unpaired) electrons. The average molecular weight is 836 g/mol. The Kier molecular flexibility index (Phi) is 49.4. The lowest BCUT2D eigenvalue weighted by Crippen LogP contribution is -2.49. The van der Waals surface area contributed by atoms with Crippen molar-refractivity contribution in [1.29, 1.82) is 0 Å². The van der Waals surface area contributed by atoms with E-state index in [4.69, 9.17) is 0 Å². The number of nitrogens with one attached hydrogen (secondary N) is 1. The van der Waals surface area contributed by atoms with Gasteiger partial charge in [-0.25, -0.2) is 0 Å². The SMILES string of the molecule is CCCCCCCCCCCCCCCCCCCCCCCCCCC(O)C(=O)NC(CO)C(O)CCCCCCCCCCCCCCCCCCCCCCC. The van der Waals surface area contributed by atoms with Crippen LogP contribution in [0.3, 0.4) is 0 Å². The number of aliphatic hydroxyl groups excluding tert-OH is 3. The predicted octanol–water partition coefficient (Wildman–Crippen LogP) is 16.6. The van der Waals surface area contributed by atoms with Gasteiger partial charge in [0.25, 0.3) is 0 Å². The van der Waals surface area contributed by atoms with Crippen molar-refractivity contribution in [1.82, 2.24) is 5.32 Å². The molecule has 5 heteroatoms. The van der Waals surface area contributed by atoms with Crippen LogP contribution < -0.4 is 5.32 Å². The maximum atomic E-state index is 12.6. The summed E-state index contributed by atoms with van der Waals surface area (Å²) in [7, 11) is 0. The molecule has 0 saturated heterocycles. The third-order valence-corrected chi connectivity index (χ3v) is 13.2. The average Bonchev–Trinajstić information content (AvgIpc) is 3.24. The lowest BCUT2D eigenvalue weighted by molar-refractivity contribution is -0.131. The van der Waals surface area contributed by atoms with Crippen molar-refractivity contribution in [2.24, 2.45) is 0 Å². The molecule has 0 fully saturated rings. The molecule has 354 valence electrons. The number of unbranched alkanes of at least 4 members (excludes halogenated alkanes) is 43. The summed E-state index contributed by atoms with van der Waals surface area (Å²) in [4.78, 5) is 12.6. The van der Waals surface area contributed by atoms with Gasteiger partial charge in [-0.2, -0.15) is 0 Å². The predicted molar refractivity (Wildman–Crippen MR) is 259 cm³/mol. The first kappa shape index (κ1) is 58.4. The number of rotatable bonds is 51. The summed E-state index contributed by atoms with van der Waals surface area (Å²) in [5.41, 5.74) is 0. The Morgan fingerprint density at radius 1 is 0.339 bits per heavy atom. The second-order valence-corrected chi connectivity index (χ2v) is 19.2. The van der Waals surface area contributed by atoms with Crippen molar-refractivity contribution in [2.75, 3.05) is 6.61 Å². The molecule has 1 amide bonds. The second-order valence-electron chi connectivity index (χ2n) is 19.2. The second kappa shape index (κ2) is 50.0. The third kappa shape index (κ3) is 45.2. The van der Waals surface area contributed by atoms with Crippen molar-refractivity contribution in [3.05, 3.63) is 0 Å². The Hall–Kier alpha value is -0.650. The minimum atomic E-state index is -1.07. The van der Waals surface area contributed by atoms with E-state index < -0.39 is 24.2 Å². The highest BCUT2D eigenvalue weighted by atomic mass is 16.3. The van der Waals surface area contributed by atoms with E-state index in [1.807, 2.05) is 0 Å². The zero-order chi connectivity index (χ0) is 43.0. The van der Waals surface area contributed by atoms with Crippen molar-refractivity contribution in [2.45, 2.75) is 334 Å². The van der Waals surface area contributed by atoms with Crippen LogP contribution in [0.25, 0.3) is 0 Å². The zero-order valence-electron chi connectivity index (χ0n) is 40.4. The molecule has 3 atom stereocenters. The van der Waals surface area contributed by atoms with Gasteiger partial charge in [0.1, 0.15) is 6.10 Å². The first-order valence-corrected chi connectivity index (χ1v) is 27.3. The summed E-state index contributed by atoms with van der Waals surface area (Å²) < 4.78 is 0. The number of hydrogen-bond donors (Lipinski definition) is 4. The van der Waals surface area contributed by atoms with E-state index in [1.54, 1.807) is 0 Å². The topological polar surface area (TPSA) is 89.8 Å². The molecular formula is C54H109NO4. The number of aliphatic hydroxyl groups is 3. The quantitative estimate of drug-likeness (QED) is 0.0460. The summed E-state index contributed by atoms with van der Waals surface area (Å²) in [6.07, 6.45) is 60.0. The molecule has 0 aliphatic heterocycles. The van der Waals surface area contributed by atoms with Crippen LogP contribution in [0.15, 0.2) is 0 Å². The van der Waals surface area contributed by atoms with Crippen molar-refractivity contribution >= 4 is 5.91 Å². The largest absolute Gasteiger partial charge is 0.394 e. The van der Waals surface area contributed by atoms with Gasteiger partial charge in [0.2, 0.25) is 5.91 Å². The monoisotopic (exact) mass is 836 g/mol. The summed E-state index contributed by atoms with van der Waals surface area (Å²) in [6.45, 7) is 4.28. The van der Waals surface area contributed by atoms with Gasteiger partial charge in [0, 0.05) is 0 Å². The molecule has 0 spiro atoms. The van der Waals surface area contributed by atoms with Crippen molar-refractivity contribution in [3.63, 3.8) is 0 Å². The Bertz CT molecular complexity index is 792. The lowest BCUT2D eigenvalue weighted by atomic mass is 10.0. The van der Waals surface area contributed by atoms with Gasteiger partial charge in [-0.05, 0) is 12.8 Å². The molecule has 0 aromatic heterocycles. The first-order valence-electron chi connectivity index (χ1n) is 27.3. The van der Waals surface area contributed by atoms with Crippen molar-refractivity contribution in [3.8, 4) is 0 Å². The fraction of sp³-hybridized carbons (Fsp3) is 0.981. The molecule has 0 aliphatic carbocycles. The molecule has 0 heterocycles. The number of carbonyl (C=O) groups excluding carboxylic acids is 1. The zero-order valence-corrected chi connectivity index (χ0v) is 40.4. The molecule has 59 heavy (non-hydrogen) atoms. The van der Waals surface area contributed by atoms with E-state index in [1.165, 1.54) is 257 Å². The van der Waals surface area contributed by atoms with Crippen LogP contribution in [-0.4, -0.2) is 46.1 Å². The van der Waals surface area contributed by atoms with Crippen LogP contribution in [0.1, 0.15) is 316 Å². The molecule has 0 bridgehead atoms. The van der Waals surface area contributed by atoms with E-state index in [0.717, 1.165) is 32.1 Å². The normalized spacial score (nSPS) is 13.2. The minimum absolute atomic E-state index is 0.307. The van der Waals surface area contributed by atoms with Crippen LogP contribution >= 0.6 is 0 Å². The number of carbonyl (C=O) groups is 1. The Balaban J connectivity index is 3.50. The standard InChI is InChI=1S/C54H109NO4/c1-3-5-7-9-11-13-15-17-19-21-23-25-26-27-29-31-33-35-37-39-41-43-45-47-49-53(58)54(59)55-51(50-56)52(57)48-46-44-42-40-38-36-34-32-30-28-24-22-20-18-16-14-12-10-8-6-4-2/h51-53,56-58H,3-50H2,1-2H3,(H,55,59). The third-order valence-electron chi connectivity index (χ3n) is 13.2. The Morgan fingerprint density at radius 3 is 0.763 bits per heavy atom. The van der Waals surface area contributed by atoms with E-state index in [2.05, 4.69) is 19.2 Å². The van der Waals surface area contributed by atoms with Crippen LogP contribution in [0.4, 0.5) is 0 Å². The van der Waals surface area contributed by atoms with Gasteiger partial charge in [-0.3, -0.25) is 4.79 Å². The maximum absolute atomic E-state index is 12.6. The van der Waals surface area contributed by atoms with Gasteiger partial charge in [0.15, 0.2) is 0 Å². The van der Waals surface area contributed by atoms with Crippen LogP contribution in [0, 0.1) is 0 Å². The lowest BCUT2D eigenvalue weighted by Gasteiger charge is -2.23. The summed E-state index contributed by atoms with van der Waals surface area (Å²) >= 11 is 0. The molecule has 0 aliphatic rings. The van der Waals surface area contributed by atoms with Crippen LogP contribution in [-0.2, 0) is 4.79 Å². The molecule has 3 unspecified atom stereocenters. The molecule has 0 saturated carbocycles. The molecular weight excluding hydrogens is 727 g/mol. The highest BCUT2D eigenvalue weighted by Gasteiger charge is 2.23. The highest BCUT2D eigenvalue weighted by Crippen LogP contribution is 2.18. The van der Waals surface area contributed by atoms with Crippen LogP contribution in [0.2, 0.25) is 0 Å². The molecule has 0 aromatic carbocycles. The summed E-state index contributed by atoms with van der Waals surface area (Å²) in [5, 5.41) is 33.5. The van der Waals surface area contributed by atoms with Gasteiger partial charge in [-0.1, -0.05) is 303 Å². The molecule has 0 rings (SSSR count). The summed E-state index contributed by atoms with van der Waals surface area (Å²) in [6, 6.07) is -0.707. The number of hydrogen-bond acceptors (Lipinski definition) is 4. The van der Waals surface area contributed by atoms with Gasteiger partial charge in [-0.15, -0.1) is 0 Å². The molecule has 0 aromatic rings. The highest BCUT2D eigenvalue weighted by molar-refractivity contribution is 5.80. The van der Waals surface area contributed by atoms with Gasteiger partial charge < -0.3 is 20.6 Å². The number of amides is 1. The van der Waals surface area contributed by atoms with E-state index in [0.29, 0.717) is 12.8 Å². The summed E-state index contributed by atoms with van der Waals surface area (Å²) in [5.74, 6) is -0.462. The van der Waals surface area contributed by atoms with E-state index in [-0.39, 0.29) is 6.61 Å². The van der Waals surface area contributed by atoms with Gasteiger partial charge >= 0.3 is 0 Å². The Labute approximate surface area is 370 Å². The Morgan fingerprint density at radius 2 is 0.542 bits per heavy atom. The van der Waals surface area contributed by atoms with E-state index in [9.17, 15) is 20.1 Å². The van der Waals surface area contributed by atoms with Crippen molar-refractivity contribution < 1.29 is 20.1 Å². The minimum Gasteiger partial charge on any atom is -0.394 e. The smallest absolute Gasteiger partial charge is 0.249 e. The van der Waals surface area contributed by atoms with Gasteiger partial charge in [0.05, 0.1) is 18.8 Å². The molecule has 5 nitrogen and oxygen atoms in total. The first-order chi connectivity index (χ1) is 29.1. The fourth-order valence-electron chi connectivity index (χ4n) is 8.96. The fourth-order valence-corrected chi connectivity index (χ4v) is 8.96. The maximum Gasteiger partial charge on any atom is 0.249 e.